The molecule has 2 aromatic carbocycles. The minimum absolute atomic E-state index is 0.0708. The summed E-state index contributed by atoms with van der Waals surface area (Å²) in [5, 5.41) is 8.33. The van der Waals surface area contributed by atoms with E-state index in [0.29, 0.717) is 11.3 Å². The fourth-order valence-electron chi connectivity index (χ4n) is 2.85. The van der Waals surface area contributed by atoms with E-state index < -0.39 is 11.9 Å². The lowest BCUT2D eigenvalue weighted by Gasteiger charge is -2.23. The van der Waals surface area contributed by atoms with Gasteiger partial charge in [-0.1, -0.05) is 35.9 Å². The maximum absolute atomic E-state index is 12.7. The summed E-state index contributed by atoms with van der Waals surface area (Å²) in [6, 6.07) is 18.4. The zero-order chi connectivity index (χ0) is 20.1. The number of carbonyl (C=O) groups excluding carboxylic acids is 2. The number of benzene rings is 2. The standard InChI is InChI=1S/C22H23N3O2S/c1-14-5-7-16(8-6-14)20(19-4-3-13-28-19)24-15(2)22(27)25-18-11-9-17(10-12-18)21(23)26/h3-13,15,20,24H,1-2H3,(H2,23,26)(H,25,27)/t15-,20+/m1/s1. The molecule has 0 radical (unpaired) electrons. The van der Waals surface area contributed by atoms with Gasteiger partial charge in [0.2, 0.25) is 11.8 Å². The zero-order valence-corrected chi connectivity index (χ0v) is 16.6. The van der Waals surface area contributed by atoms with Crippen LogP contribution in [0, 0.1) is 6.92 Å². The molecule has 0 unspecified atom stereocenters. The van der Waals surface area contributed by atoms with Crippen LogP contribution in [0.3, 0.4) is 0 Å². The molecule has 0 aliphatic heterocycles. The number of hydrogen-bond donors (Lipinski definition) is 3. The Balaban J connectivity index is 1.72. The van der Waals surface area contributed by atoms with Crippen molar-refractivity contribution in [2.24, 2.45) is 5.73 Å². The summed E-state index contributed by atoms with van der Waals surface area (Å²) in [6.45, 7) is 3.89. The van der Waals surface area contributed by atoms with Gasteiger partial charge >= 0.3 is 0 Å². The molecule has 6 heteroatoms. The first-order valence-corrected chi connectivity index (χ1v) is 9.89. The number of nitrogens with two attached hydrogens (primary N) is 1. The van der Waals surface area contributed by atoms with E-state index in [1.807, 2.05) is 18.4 Å². The van der Waals surface area contributed by atoms with Crippen LogP contribution in [0.4, 0.5) is 5.69 Å². The van der Waals surface area contributed by atoms with Gasteiger partial charge in [0.15, 0.2) is 0 Å². The van der Waals surface area contributed by atoms with E-state index in [9.17, 15) is 9.59 Å². The van der Waals surface area contributed by atoms with Gasteiger partial charge in [-0.05, 0) is 55.1 Å². The van der Waals surface area contributed by atoms with Crippen LogP contribution in [0.2, 0.25) is 0 Å². The largest absolute Gasteiger partial charge is 0.366 e. The summed E-state index contributed by atoms with van der Waals surface area (Å²) in [4.78, 5) is 25.0. The third-order valence-corrected chi connectivity index (χ3v) is 5.42. The molecule has 0 fully saturated rings. The maximum Gasteiger partial charge on any atom is 0.248 e. The zero-order valence-electron chi connectivity index (χ0n) is 15.8. The molecule has 0 aliphatic rings. The lowest BCUT2D eigenvalue weighted by molar-refractivity contribution is -0.117. The Morgan fingerprint density at radius 3 is 2.25 bits per heavy atom. The van der Waals surface area contributed by atoms with Crippen molar-refractivity contribution < 1.29 is 9.59 Å². The SMILES string of the molecule is Cc1ccc([C@H](N[C@H](C)C(=O)Nc2ccc(C(N)=O)cc2)c2cccs2)cc1. The van der Waals surface area contributed by atoms with Crippen LogP contribution >= 0.6 is 11.3 Å². The van der Waals surface area contributed by atoms with Gasteiger partial charge in [-0.15, -0.1) is 11.3 Å². The second-order valence-corrected chi connectivity index (χ2v) is 7.66. The van der Waals surface area contributed by atoms with E-state index in [1.165, 1.54) is 5.56 Å². The van der Waals surface area contributed by atoms with Crippen molar-refractivity contribution in [2.45, 2.75) is 25.9 Å². The van der Waals surface area contributed by atoms with Crippen molar-refractivity contribution in [3.05, 3.63) is 87.6 Å². The smallest absolute Gasteiger partial charge is 0.248 e. The van der Waals surface area contributed by atoms with Crippen LogP contribution in [0.5, 0.6) is 0 Å². The lowest BCUT2D eigenvalue weighted by Crippen LogP contribution is -2.40. The highest BCUT2D eigenvalue weighted by molar-refractivity contribution is 7.10. The third kappa shape index (κ3) is 4.85. The van der Waals surface area contributed by atoms with Crippen LogP contribution < -0.4 is 16.4 Å². The summed E-state index contributed by atoms with van der Waals surface area (Å²) in [6.07, 6.45) is 0. The molecule has 3 aromatic rings. The first-order valence-electron chi connectivity index (χ1n) is 9.01. The van der Waals surface area contributed by atoms with Gasteiger partial charge < -0.3 is 11.1 Å². The molecule has 4 N–H and O–H groups in total. The van der Waals surface area contributed by atoms with E-state index in [-0.39, 0.29) is 11.9 Å². The van der Waals surface area contributed by atoms with Crippen molar-refractivity contribution in [3.8, 4) is 0 Å². The number of hydrogen-bond acceptors (Lipinski definition) is 4. The quantitative estimate of drug-likeness (QED) is 0.570. The predicted octanol–water partition coefficient (Wildman–Crippen LogP) is 3.86. The molecule has 2 atom stereocenters. The molecular formula is C22H23N3O2S. The van der Waals surface area contributed by atoms with E-state index >= 15 is 0 Å². The molecule has 0 spiro atoms. The Hall–Kier alpha value is -2.96. The van der Waals surface area contributed by atoms with Gasteiger partial charge in [-0.25, -0.2) is 0 Å². The summed E-state index contributed by atoms with van der Waals surface area (Å²) in [7, 11) is 0. The molecule has 1 aromatic heterocycles. The average Bonchev–Trinajstić information content (AvgIpc) is 3.21. The number of rotatable bonds is 7. The van der Waals surface area contributed by atoms with Crippen molar-refractivity contribution in [2.75, 3.05) is 5.32 Å². The highest BCUT2D eigenvalue weighted by Crippen LogP contribution is 2.27. The lowest BCUT2D eigenvalue weighted by atomic mass is 10.0. The van der Waals surface area contributed by atoms with E-state index in [1.54, 1.807) is 35.6 Å². The first-order chi connectivity index (χ1) is 13.4. The normalized spacial score (nSPS) is 12.9. The van der Waals surface area contributed by atoms with E-state index in [0.717, 1.165) is 10.4 Å². The fourth-order valence-corrected chi connectivity index (χ4v) is 3.66. The molecule has 5 nitrogen and oxygen atoms in total. The van der Waals surface area contributed by atoms with Gasteiger partial charge in [0.25, 0.3) is 0 Å². The second kappa shape index (κ2) is 8.82. The predicted molar refractivity (Wildman–Crippen MR) is 114 cm³/mol. The number of thiophene rings is 1. The molecule has 1 heterocycles. The number of anilines is 1. The fraction of sp³-hybridized carbons (Fsp3) is 0.182. The topological polar surface area (TPSA) is 84.2 Å². The van der Waals surface area contributed by atoms with Gasteiger partial charge in [-0.3, -0.25) is 14.9 Å². The molecule has 0 saturated heterocycles. The molecule has 144 valence electrons. The Morgan fingerprint density at radius 2 is 1.68 bits per heavy atom. The van der Waals surface area contributed by atoms with Gasteiger partial charge in [-0.2, -0.15) is 0 Å². The Kier molecular flexibility index (Phi) is 6.23. The summed E-state index contributed by atoms with van der Waals surface area (Å²) >= 11 is 1.65. The molecular weight excluding hydrogens is 370 g/mol. The highest BCUT2D eigenvalue weighted by Gasteiger charge is 2.21. The van der Waals surface area contributed by atoms with Crippen LogP contribution in [-0.4, -0.2) is 17.9 Å². The Morgan fingerprint density at radius 1 is 1.00 bits per heavy atom. The Labute approximate surface area is 168 Å². The van der Waals surface area contributed by atoms with Crippen molar-refractivity contribution in [1.82, 2.24) is 5.32 Å². The highest BCUT2D eigenvalue weighted by atomic mass is 32.1. The van der Waals surface area contributed by atoms with E-state index in [2.05, 4.69) is 47.9 Å². The van der Waals surface area contributed by atoms with Gasteiger partial charge in [0, 0.05) is 16.1 Å². The van der Waals surface area contributed by atoms with Crippen LogP contribution in [0.15, 0.2) is 66.0 Å². The van der Waals surface area contributed by atoms with Crippen LogP contribution in [0.25, 0.3) is 0 Å². The molecule has 3 rings (SSSR count). The number of nitrogens with one attached hydrogen (secondary N) is 2. The number of aryl methyl sites for hydroxylation is 1. The van der Waals surface area contributed by atoms with Crippen LogP contribution in [0.1, 0.15) is 39.3 Å². The van der Waals surface area contributed by atoms with E-state index in [4.69, 9.17) is 5.73 Å². The van der Waals surface area contributed by atoms with Crippen LogP contribution in [-0.2, 0) is 4.79 Å². The Bertz CT molecular complexity index is 935. The summed E-state index contributed by atoms with van der Waals surface area (Å²) in [5.74, 6) is -0.648. The minimum atomic E-state index is -0.496. The first kappa shape index (κ1) is 19.8. The third-order valence-electron chi connectivity index (χ3n) is 4.49. The molecule has 0 aliphatic carbocycles. The molecule has 2 amide bonds. The molecule has 0 bridgehead atoms. The minimum Gasteiger partial charge on any atom is -0.366 e. The van der Waals surface area contributed by atoms with Crippen molar-refractivity contribution >= 4 is 28.8 Å². The summed E-state index contributed by atoms with van der Waals surface area (Å²) < 4.78 is 0. The molecule has 0 saturated carbocycles. The van der Waals surface area contributed by atoms with Gasteiger partial charge in [0.1, 0.15) is 0 Å². The van der Waals surface area contributed by atoms with Gasteiger partial charge in [0.05, 0.1) is 12.1 Å². The maximum atomic E-state index is 12.7. The second-order valence-electron chi connectivity index (χ2n) is 6.68. The number of primary amides is 1. The van der Waals surface area contributed by atoms with Crippen molar-refractivity contribution in [3.63, 3.8) is 0 Å². The number of amides is 2. The van der Waals surface area contributed by atoms with Crippen molar-refractivity contribution in [1.29, 1.82) is 0 Å². The average molecular weight is 394 g/mol. The molecule has 28 heavy (non-hydrogen) atoms. The summed E-state index contributed by atoms with van der Waals surface area (Å²) in [5.41, 5.74) is 8.57. The number of carbonyl (C=O) groups is 2. The monoisotopic (exact) mass is 393 g/mol.